The third kappa shape index (κ3) is 3.81. The van der Waals surface area contributed by atoms with Crippen LogP contribution >= 0.6 is 0 Å². The highest BCUT2D eigenvalue weighted by atomic mass is 16.5. The summed E-state index contributed by atoms with van der Waals surface area (Å²) in [6.45, 7) is 2.33. The first-order chi connectivity index (χ1) is 18.4. The Bertz CT molecular complexity index is 1430. The van der Waals surface area contributed by atoms with Crippen LogP contribution in [-0.4, -0.2) is 76.5 Å². The molecule has 4 N–H and O–H groups in total. The predicted octanol–water partition coefficient (Wildman–Crippen LogP) is 0.933. The fraction of sp³-hybridized carbons (Fsp3) is 0.414. The molecule has 3 aliphatic rings. The van der Waals surface area contributed by atoms with Crippen LogP contribution in [0, 0.1) is 23.7 Å². The van der Waals surface area contributed by atoms with Crippen LogP contribution in [0.4, 0.5) is 0 Å². The lowest BCUT2D eigenvalue weighted by Crippen LogP contribution is -2.74. The van der Waals surface area contributed by atoms with Crippen molar-refractivity contribution in [1.82, 2.24) is 4.90 Å². The van der Waals surface area contributed by atoms with Crippen LogP contribution in [0.15, 0.2) is 36.4 Å². The van der Waals surface area contributed by atoms with Gasteiger partial charge in [-0.05, 0) is 74.7 Å². The quantitative estimate of drug-likeness (QED) is 0.473. The van der Waals surface area contributed by atoms with Crippen LogP contribution in [0.3, 0.4) is 0 Å². The minimum absolute atomic E-state index is 0.00201. The zero-order valence-electron chi connectivity index (χ0n) is 21.8. The molecule has 5 rings (SSSR count). The number of nitrogens with zero attached hydrogens (tertiary/aromatic N) is 1. The van der Waals surface area contributed by atoms with Gasteiger partial charge in [-0.25, -0.2) is 0 Å². The van der Waals surface area contributed by atoms with E-state index in [0.29, 0.717) is 23.5 Å². The van der Waals surface area contributed by atoms with E-state index in [-0.39, 0.29) is 24.2 Å². The van der Waals surface area contributed by atoms with E-state index in [0.717, 1.165) is 5.56 Å². The Kier molecular flexibility index (Phi) is 6.43. The molecule has 10 heteroatoms. The SMILES string of the molecule is CCOc1cccc(-c2ccc(O)c3c2C[C@@H]2C[C@@H]4[C@@H](N(C)C)C(=O)C(C(N)=O)C(=O)[C@]4(O)C(=O)C2C3=O)c1. The Morgan fingerprint density at radius 3 is 2.49 bits per heavy atom. The number of phenols is 1. The number of amides is 1. The average Bonchev–Trinajstić information content (AvgIpc) is 2.86. The number of fused-ring (bicyclic) bond motifs is 3. The smallest absolute Gasteiger partial charge is 0.235 e. The maximum Gasteiger partial charge on any atom is 0.235 e. The molecule has 0 spiro atoms. The van der Waals surface area contributed by atoms with Crippen LogP contribution in [0.25, 0.3) is 11.1 Å². The summed E-state index contributed by atoms with van der Waals surface area (Å²) in [5.41, 5.74) is 4.54. The molecule has 2 fully saturated rings. The van der Waals surface area contributed by atoms with E-state index in [2.05, 4.69) is 0 Å². The number of rotatable bonds is 5. The second-order valence-electron chi connectivity index (χ2n) is 10.7. The number of Topliss-reactive ketones (excluding diaryl/α,β-unsaturated/α-hetero) is 4. The van der Waals surface area contributed by atoms with Gasteiger partial charge in [0.15, 0.2) is 34.7 Å². The molecule has 0 heterocycles. The number of ketones is 4. The standard InChI is InChI=1S/C29H30N2O8/c1-4-39-15-7-5-6-13(10-15)16-8-9-19(32)21-17(16)11-14-12-18-23(31(2)3)25(34)22(28(30)37)27(36)29(18,38)26(35)20(14)24(21)33/h5-10,14,18,20,22-23,32,38H,4,11-12H2,1-3H3,(H2,30,37)/t14-,18-,20?,22?,23-,29-/m1/s1. The number of aliphatic hydroxyl groups is 1. The highest BCUT2D eigenvalue weighted by molar-refractivity contribution is 6.32. The van der Waals surface area contributed by atoms with E-state index < -0.39 is 64.4 Å². The van der Waals surface area contributed by atoms with Crippen LogP contribution in [0.5, 0.6) is 11.5 Å². The molecule has 204 valence electrons. The molecule has 3 aliphatic carbocycles. The molecule has 0 radical (unpaired) electrons. The Hall–Kier alpha value is -3.89. The maximum absolute atomic E-state index is 13.9. The summed E-state index contributed by atoms with van der Waals surface area (Å²) in [6.07, 6.45) is 0.187. The Labute approximate surface area is 224 Å². The van der Waals surface area contributed by atoms with Gasteiger partial charge >= 0.3 is 0 Å². The fourth-order valence-corrected chi connectivity index (χ4v) is 6.80. The summed E-state index contributed by atoms with van der Waals surface area (Å²) in [5, 5.41) is 22.4. The number of phenolic OH excluding ortho intramolecular Hbond substituents is 1. The molecular weight excluding hydrogens is 504 g/mol. The van der Waals surface area contributed by atoms with Crippen molar-refractivity contribution in [1.29, 1.82) is 0 Å². The number of hydrogen-bond donors (Lipinski definition) is 3. The number of carbonyl (C=O) groups is 5. The van der Waals surface area contributed by atoms with Gasteiger partial charge in [0.2, 0.25) is 5.91 Å². The van der Waals surface area contributed by atoms with Crippen molar-refractivity contribution in [3.05, 3.63) is 47.5 Å². The summed E-state index contributed by atoms with van der Waals surface area (Å²) in [6, 6.07) is 9.22. The molecule has 2 unspecified atom stereocenters. The monoisotopic (exact) mass is 534 g/mol. The number of benzene rings is 2. The molecule has 0 saturated heterocycles. The molecule has 0 bridgehead atoms. The summed E-state index contributed by atoms with van der Waals surface area (Å²) in [7, 11) is 3.10. The topological polar surface area (TPSA) is 164 Å². The molecular formula is C29H30N2O8. The summed E-state index contributed by atoms with van der Waals surface area (Å²) < 4.78 is 5.62. The molecule has 10 nitrogen and oxygen atoms in total. The van der Waals surface area contributed by atoms with E-state index in [9.17, 15) is 34.2 Å². The first-order valence-corrected chi connectivity index (χ1v) is 12.9. The van der Waals surface area contributed by atoms with Gasteiger partial charge in [-0.2, -0.15) is 0 Å². The van der Waals surface area contributed by atoms with Gasteiger partial charge in [0.25, 0.3) is 0 Å². The lowest BCUT2D eigenvalue weighted by atomic mass is 9.52. The normalized spacial score (nSPS) is 30.0. The maximum atomic E-state index is 13.9. The highest BCUT2D eigenvalue weighted by Crippen LogP contribution is 2.51. The minimum Gasteiger partial charge on any atom is -0.507 e. The van der Waals surface area contributed by atoms with Crippen LogP contribution in [0.2, 0.25) is 0 Å². The van der Waals surface area contributed by atoms with Crippen molar-refractivity contribution in [3.63, 3.8) is 0 Å². The second-order valence-corrected chi connectivity index (χ2v) is 10.7. The number of carbonyl (C=O) groups excluding carboxylic acids is 5. The van der Waals surface area contributed by atoms with Crippen molar-refractivity contribution in [2.75, 3.05) is 20.7 Å². The summed E-state index contributed by atoms with van der Waals surface area (Å²) >= 11 is 0. The number of ether oxygens (including phenoxy) is 1. The molecule has 0 aliphatic heterocycles. The van der Waals surface area contributed by atoms with Crippen molar-refractivity contribution in [2.24, 2.45) is 29.4 Å². The van der Waals surface area contributed by atoms with Gasteiger partial charge in [-0.15, -0.1) is 0 Å². The molecule has 2 aromatic carbocycles. The Morgan fingerprint density at radius 2 is 1.85 bits per heavy atom. The fourth-order valence-electron chi connectivity index (χ4n) is 6.80. The zero-order chi connectivity index (χ0) is 28.4. The average molecular weight is 535 g/mol. The predicted molar refractivity (Wildman–Crippen MR) is 138 cm³/mol. The van der Waals surface area contributed by atoms with Gasteiger partial charge in [-0.1, -0.05) is 18.2 Å². The largest absolute Gasteiger partial charge is 0.507 e. The van der Waals surface area contributed by atoms with E-state index in [1.807, 2.05) is 25.1 Å². The van der Waals surface area contributed by atoms with Crippen molar-refractivity contribution in [3.8, 4) is 22.6 Å². The summed E-state index contributed by atoms with van der Waals surface area (Å²) in [4.78, 5) is 67.9. The molecule has 0 aromatic heterocycles. The van der Waals surface area contributed by atoms with E-state index in [4.69, 9.17) is 10.5 Å². The van der Waals surface area contributed by atoms with Gasteiger partial charge in [0.1, 0.15) is 11.5 Å². The first-order valence-electron chi connectivity index (χ1n) is 12.9. The van der Waals surface area contributed by atoms with Gasteiger partial charge < -0.3 is 20.7 Å². The van der Waals surface area contributed by atoms with E-state index in [1.54, 1.807) is 26.2 Å². The zero-order valence-corrected chi connectivity index (χ0v) is 21.8. The summed E-state index contributed by atoms with van der Waals surface area (Å²) in [5.74, 6) is -10.00. The Morgan fingerprint density at radius 1 is 1.13 bits per heavy atom. The lowest BCUT2D eigenvalue weighted by Gasteiger charge is -2.52. The van der Waals surface area contributed by atoms with Gasteiger partial charge in [-0.3, -0.25) is 28.9 Å². The number of aromatic hydroxyl groups is 1. The first kappa shape index (κ1) is 26.7. The van der Waals surface area contributed by atoms with Crippen molar-refractivity contribution >= 4 is 29.0 Å². The number of primary amides is 1. The van der Waals surface area contributed by atoms with Crippen molar-refractivity contribution in [2.45, 2.75) is 31.4 Å². The lowest BCUT2D eigenvalue weighted by molar-refractivity contribution is -0.181. The number of hydrogen-bond acceptors (Lipinski definition) is 9. The van der Waals surface area contributed by atoms with E-state index >= 15 is 0 Å². The van der Waals surface area contributed by atoms with Gasteiger partial charge in [0.05, 0.1) is 24.1 Å². The second kappa shape index (κ2) is 9.39. The Balaban J connectivity index is 1.64. The minimum atomic E-state index is -2.74. The molecule has 2 saturated carbocycles. The number of nitrogens with two attached hydrogens (primary N) is 1. The molecule has 2 aromatic rings. The molecule has 1 amide bonds. The molecule has 6 atom stereocenters. The number of likely N-dealkylation sites (N-methyl/N-ethyl adjacent to an activating group) is 1. The molecule has 39 heavy (non-hydrogen) atoms. The van der Waals surface area contributed by atoms with Crippen LogP contribution in [-0.2, 0) is 25.6 Å². The highest BCUT2D eigenvalue weighted by Gasteiger charge is 2.69. The third-order valence-electron chi connectivity index (χ3n) is 8.40. The van der Waals surface area contributed by atoms with Gasteiger partial charge in [0, 0.05) is 5.92 Å². The third-order valence-corrected chi connectivity index (χ3v) is 8.40. The van der Waals surface area contributed by atoms with Crippen LogP contribution < -0.4 is 10.5 Å². The van der Waals surface area contributed by atoms with Crippen molar-refractivity contribution < 1.29 is 38.9 Å². The van der Waals surface area contributed by atoms with Crippen LogP contribution in [0.1, 0.15) is 29.3 Å². The van der Waals surface area contributed by atoms with E-state index in [1.165, 1.54) is 11.0 Å².